The van der Waals surface area contributed by atoms with E-state index in [0.29, 0.717) is 18.1 Å². The van der Waals surface area contributed by atoms with Crippen molar-refractivity contribution in [2.24, 2.45) is 0 Å². The smallest absolute Gasteiger partial charge is 0.253 e. The first-order valence-corrected chi connectivity index (χ1v) is 12.7. The van der Waals surface area contributed by atoms with Gasteiger partial charge in [0, 0.05) is 62.2 Å². The van der Waals surface area contributed by atoms with Gasteiger partial charge in [-0.25, -0.2) is 9.97 Å². The molecule has 0 spiro atoms. The summed E-state index contributed by atoms with van der Waals surface area (Å²) in [6.07, 6.45) is 11.5. The van der Waals surface area contributed by atoms with Crippen LogP contribution in [0.1, 0.15) is 54.9 Å². The Kier molecular flexibility index (Phi) is 6.66. The van der Waals surface area contributed by atoms with Crippen molar-refractivity contribution >= 4 is 16.8 Å². The Labute approximate surface area is 202 Å². The van der Waals surface area contributed by atoms with Crippen molar-refractivity contribution in [1.29, 1.82) is 0 Å². The Hall–Kier alpha value is -2.77. The van der Waals surface area contributed by atoms with Gasteiger partial charge in [0.15, 0.2) is 0 Å². The van der Waals surface area contributed by atoms with Crippen LogP contribution in [-0.4, -0.2) is 75.0 Å². The summed E-state index contributed by atoms with van der Waals surface area (Å²) in [5.41, 5.74) is 2.81. The Morgan fingerprint density at radius 2 is 1.76 bits per heavy atom. The average molecular weight is 461 g/mol. The second-order valence-electron chi connectivity index (χ2n) is 9.82. The van der Waals surface area contributed by atoms with Crippen molar-refractivity contribution in [1.82, 2.24) is 29.7 Å². The molecule has 5 rings (SSSR count). The maximum absolute atomic E-state index is 13.6. The van der Waals surface area contributed by atoms with Crippen molar-refractivity contribution in [3.05, 3.63) is 54.0 Å². The largest absolute Gasteiger partial charge is 0.350 e. The maximum atomic E-state index is 13.6. The van der Waals surface area contributed by atoms with Crippen molar-refractivity contribution in [2.45, 2.75) is 51.5 Å². The van der Waals surface area contributed by atoms with Gasteiger partial charge in [-0.05, 0) is 44.0 Å². The fraction of sp³-hybridized carbons (Fsp3) is 0.519. The van der Waals surface area contributed by atoms with E-state index in [9.17, 15) is 4.79 Å². The van der Waals surface area contributed by atoms with E-state index in [2.05, 4.69) is 45.0 Å². The fourth-order valence-electron chi connectivity index (χ4n) is 5.91. The van der Waals surface area contributed by atoms with E-state index < -0.39 is 0 Å². The van der Waals surface area contributed by atoms with Crippen molar-refractivity contribution in [3.8, 4) is 5.95 Å². The Bertz CT molecular complexity index is 1130. The van der Waals surface area contributed by atoms with Crippen LogP contribution in [0.3, 0.4) is 0 Å². The van der Waals surface area contributed by atoms with E-state index in [-0.39, 0.29) is 11.4 Å². The average Bonchev–Trinajstić information content (AvgIpc) is 3.30. The molecule has 1 aliphatic heterocycles. The number of carbonyl (C=O) groups is 1. The van der Waals surface area contributed by atoms with E-state index in [1.807, 2.05) is 22.9 Å². The van der Waals surface area contributed by atoms with Crippen LogP contribution < -0.4 is 5.32 Å². The van der Waals surface area contributed by atoms with Crippen molar-refractivity contribution in [3.63, 3.8) is 0 Å². The number of hydrogen-bond donors (Lipinski definition) is 1. The number of benzene rings is 1. The third-order valence-corrected chi connectivity index (χ3v) is 7.90. The minimum absolute atomic E-state index is 0.00822. The number of nitrogens with zero attached hydrogens (tertiary/aromatic N) is 5. The zero-order valence-electron chi connectivity index (χ0n) is 20.5. The Morgan fingerprint density at radius 3 is 2.47 bits per heavy atom. The SMILES string of the molecule is CCN1CCN(C2(CNC(=O)c3cn(-c4ncccn4)c4cccc(C)c34)CCCCC2)CC1. The van der Waals surface area contributed by atoms with Crippen LogP contribution in [0.15, 0.2) is 42.9 Å². The molecule has 180 valence electrons. The second-order valence-corrected chi connectivity index (χ2v) is 9.82. The zero-order valence-corrected chi connectivity index (χ0v) is 20.5. The standard InChI is InChI=1S/C27H36N6O/c1-3-31-15-17-32(18-16-31)27(11-5-4-6-12-27)20-30-25(34)22-19-33(26-28-13-8-14-29-26)23-10-7-9-21(2)24(22)23/h7-10,13-14,19H,3-6,11-12,15-18,20H2,1-2H3,(H,30,34). The van der Waals surface area contributed by atoms with Gasteiger partial charge in [-0.15, -0.1) is 0 Å². The number of amides is 1. The number of aromatic nitrogens is 3. The molecule has 7 heteroatoms. The molecule has 34 heavy (non-hydrogen) atoms. The number of carbonyl (C=O) groups excluding carboxylic acids is 1. The topological polar surface area (TPSA) is 66.3 Å². The summed E-state index contributed by atoms with van der Waals surface area (Å²) in [7, 11) is 0. The lowest BCUT2D eigenvalue weighted by Gasteiger charge is -2.50. The number of fused-ring (bicyclic) bond motifs is 1. The molecule has 1 aromatic carbocycles. The van der Waals surface area contributed by atoms with Gasteiger partial charge >= 0.3 is 0 Å². The van der Waals surface area contributed by atoms with Gasteiger partial charge in [-0.3, -0.25) is 14.3 Å². The van der Waals surface area contributed by atoms with Crippen LogP contribution in [0.25, 0.3) is 16.9 Å². The summed E-state index contributed by atoms with van der Waals surface area (Å²) >= 11 is 0. The first-order chi connectivity index (χ1) is 16.6. The van der Waals surface area contributed by atoms with Gasteiger partial charge in [0.1, 0.15) is 0 Å². The molecule has 2 fully saturated rings. The van der Waals surface area contributed by atoms with Gasteiger partial charge in [0.2, 0.25) is 5.95 Å². The van der Waals surface area contributed by atoms with E-state index in [0.717, 1.165) is 62.0 Å². The maximum Gasteiger partial charge on any atom is 0.253 e. The molecule has 1 saturated carbocycles. The normalized spacial score (nSPS) is 19.4. The lowest BCUT2D eigenvalue weighted by molar-refractivity contribution is 0.00925. The minimum atomic E-state index is -0.00822. The molecule has 2 aliphatic rings. The van der Waals surface area contributed by atoms with Gasteiger partial charge in [0.05, 0.1) is 11.1 Å². The summed E-state index contributed by atoms with van der Waals surface area (Å²) in [6.45, 7) is 10.5. The Balaban J connectivity index is 1.41. The van der Waals surface area contributed by atoms with E-state index in [4.69, 9.17) is 0 Å². The molecule has 1 amide bonds. The van der Waals surface area contributed by atoms with Crippen LogP contribution in [0.4, 0.5) is 0 Å². The first-order valence-electron chi connectivity index (χ1n) is 12.7. The molecule has 3 heterocycles. The van der Waals surface area contributed by atoms with Gasteiger partial charge in [-0.1, -0.05) is 38.3 Å². The van der Waals surface area contributed by atoms with Crippen LogP contribution in [0.2, 0.25) is 0 Å². The Morgan fingerprint density at radius 1 is 1.03 bits per heavy atom. The predicted octanol–water partition coefficient (Wildman–Crippen LogP) is 3.80. The number of rotatable bonds is 6. The third kappa shape index (κ3) is 4.34. The van der Waals surface area contributed by atoms with Crippen LogP contribution >= 0.6 is 0 Å². The molecule has 0 unspecified atom stereocenters. The summed E-state index contributed by atoms with van der Waals surface area (Å²) in [5, 5.41) is 4.34. The van der Waals surface area contributed by atoms with E-state index in [1.54, 1.807) is 18.5 Å². The number of hydrogen-bond acceptors (Lipinski definition) is 5. The molecule has 0 bridgehead atoms. The number of piperazine rings is 1. The van der Waals surface area contributed by atoms with Crippen molar-refractivity contribution < 1.29 is 4.79 Å². The van der Waals surface area contributed by atoms with Gasteiger partial charge < -0.3 is 10.2 Å². The quantitative estimate of drug-likeness (QED) is 0.606. The summed E-state index contributed by atoms with van der Waals surface area (Å²) < 4.78 is 1.93. The van der Waals surface area contributed by atoms with Crippen LogP contribution in [-0.2, 0) is 0 Å². The summed E-state index contributed by atoms with van der Waals surface area (Å²) in [5.74, 6) is 0.570. The molecule has 1 N–H and O–H groups in total. The summed E-state index contributed by atoms with van der Waals surface area (Å²) in [6, 6.07) is 7.92. The highest BCUT2D eigenvalue weighted by Crippen LogP contribution is 2.34. The highest BCUT2D eigenvalue weighted by molar-refractivity contribution is 6.08. The van der Waals surface area contributed by atoms with Crippen molar-refractivity contribution in [2.75, 3.05) is 39.3 Å². The lowest BCUT2D eigenvalue weighted by Crippen LogP contribution is -2.61. The second kappa shape index (κ2) is 9.84. The number of aryl methyl sites for hydroxylation is 1. The number of likely N-dealkylation sites (N-methyl/N-ethyl adjacent to an activating group) is 1. The monoisotopic (exact) mass is 460 g/mol. The van der Waals surface area contributed by atoms with Gasteiger partial charge in [0.25, 0.3) is 5.91 Å². The highest BCUT2D eigenvalue weighted by atomic mass is 16.1. The van der Waals surface area contributed by atoms with E-state index in [1.165, 1.54) is 19.3 Å². The molecule has 1 saturated heterocycles. The molecule has 1 aliphatic carbocycles. The van der Waals surface area contributed by atoms with Gasteiger partial charge in [-0.2, -0.15) is 0 Å². The van der Waals surface area contributed by atoms with E-state index >= 15 is 0 Å². The number of nitrogens with one attached hydrogen (secondary N) is 1. The molecular weight excluding hydrogens is 424 g/mol. The molecule has 2 aromatic heterocycles. The molecular formula is C27H36N6O. The molecule has 3 aromatic rings. The minimum Gasteiger partial charge on any atom is -0.350 e. The van der Waals surface area contributed by atoms with Crippen LogP contribution in [0, 0.1) is 6.92 Å². The zero-order chi connectivity index (χ0) is 23.5. The molecule has 0 radical (unpaired) electrons. The lowest BCUT2D eigenvalue weighted by atomic mass is 9.79. The third-order valence-electron chi connectivity index (χ3n) is 7.90. The molecule has 0 atom stereocenters. The summed E-state index contributed by atoms with van der Waals surface area (Å²) in [4.78, 5) is 27.7. The fourth-order valence-corrected chi connectivity index (χ4v) is 5.91. The van der Waals surface area contributed by atoms with Crippen LogP contribution in [0.5, 0.6) is 0 Å². The first kappa shape index (κ1) is 23.0. The highest BCUT2D eigenvalue weighted by Gasteiger charge is 2.39. The predicted molar refractivity (Wildman–Crippen MR) is 135 cm³/mol. The molecule has 7 nitrogen and oxygen atoms in total.